The van der Waals surface area contributed by atoms with E-state index in [4.69, 9.17) is 4.74 Å². The largest absolute Gasteiger partial charge is 0.458 e. The number of aryl methyl sites for hydroxylation is 1. The molecule has 0 N–H and O–H groups in total. The lowest BCUT2D eigenvalue weighted by Crippen LogP contribution is -2.60. The summed E-state index contributed by atoms with van der Waals surface area (Å²) < 4.78 is 9.51. The van der Waals surface area contributed by atoms with Crippen LogP contribution in [0.4, 0.5) is 17.1 Å². The van der Waals surface area contributed by atoms with Crippen LogP contribution >= 0.6 is 0 Å². The van der Waals surface area contributed by atoms with Gasteiger partial charge in [0.05, 0.1) is 25.0 Å². The summed E-state index contributed by atoms with van der Waals surface area (Å²) in [4.78, 5) is 2.49. The Morgan fingerprint density at radius 2 is 1.45 bits per heavy atom. The average Bonchev–Trinajstić information content (AvgIpc) is 3.38. The van der Waals surface area contributed by atoms with Crippen molar-refractivity contribution in [2.45, 2.75) is 45.3 Å². The lowest BCUT2D eigenvalue weighted by Gasteiger charge is -2.41. The van der Waals surface area contributed by atoms with Crippen molar-refractivity contribution >= 4 is 64.3 Å². The number of ether oxygens (including phenoxy) is 1. The zero-order chi connectivity index (χ0) is 29.6. The summed E-state index contributed by atoms with van der Waals surface area (Å²) >= 11 is 0. The van der Waals surface area contributed by atoms with Gasteiger partial charge in [-0.05, 0) is 90.1 Å². The van der Waals surface area contributed by atoms with Crippen molar-refractivity contribution in [1.29, 1.82) is 0 Å². The summed E-state index contributed by atoms with van der Waals surface area (Å²) in [5, 5.41) is 2.82. The highest BCUT2D eigenvalue weighted by Crippen LogP contribution is 2.45. The lowest BCUT2D eigenvalue weighted by molar-refractivity contribution is 0.488. The molecule has 3 aliphatic rings. The van der Waals surface area contributed by atoms with Crippen LogP contribution in [0.15, 0.2) is 109 Å². The van der Waals surface area contributed by atoms with Crippen LogP contribution in [-0.2, 0) is 12.8 Å². The summed E-state index contributed by atoms with van der Waals surface area (Å²) in [5.41, 5.74) is 13.0. The second-order valence-corrected chi connectivity index (χ2v) is 18.7. The maximum atomic E-state index is 6.92. The van der Waals surface area contributed by atoms with Crippen LogP contribution in [-0.4, -0.2) is 19.4 Å². The van der Waals surface area contributed by atoms with Crippen molar-refractivity contribution in [1.82, 2.24) is 4.57 Å². The van der Waals surface area contributed by atoms with Crippen molar-refractivity contribution in [2.24, 2.45) is 0 Å². The van der Waals surface area contributed by atoms with Gasteiger partial charge in [0, 0.05) is 22.5 Å². The number of para-hydroxylation sites is 3. The van der Waals surface area contributed by atoms with Gasteiger partial charge in [0.1, 0.15) is 11.5 Å². The fourth-order valence-electron chi connectivity index (χ4n) is 7.96. The number of fused-ring (bicyclic) bond motifs is 7. The highest BCUT2D eigenvalue weighted by atomic mass is 28.3. The van der Waals surface area contributed by atoms with Gasteiger partial charge in [-0.1, -0.05) is 91.6 Å². The number of benzene rings is 5. The number of aromatic nitrogens is 1. The molecule has 3 heterocycles. The van der Waals surface area contributed by atoms with Gasteiger partial charge in [0.2, 0.25) is 0 Å². The fraction of sp³-hybridized carbons (Fsp3) is 0.179. The molecule has 0 spiro atoms. The molecule has 0 fully saturated rings. The Hall–Kier alpha value is -4.48. The molecule has 0 amide bonds. The second kappa shape index (κ2) is 9.51. The number of hydrogen-bond acceptors (Lipinski definition) is 2. The van der Waals surface area contributed by atoms with Crippen LogP contribution in [0, 0.1) is 0 Å². The molecule has 3 nitrogen and oxygen atoms in total. The van der Waals surface area contributed by atoms with Crippen LogP contribution < -0.4 is 31.2 Å². The lowest BCUT2D eigenvalue weighted by atomic mass is 9.34. The van der Waals surface area contributed by atoms with Gasteiger partial charge in [-0.25, -0.2) is 0 Å². The van der Waals surface area contributed by atoms with Crippen molar-refractivity contribution in [3.8, 4) is 17.2 Å². The Morgan fingerprint density at radius 1 is 0.682 bits per heavy atom. The third-order valence-corrected chi connectivity index (χ3v) is 12.0. The van der Waals surface area contributed by atoms with E-state index in [0.717, 1.165) is 24.3 Å². The van der Waals surface area contributed by atoms with Gasteiger partial charge in [0.15, 0.2) is 0 Å². The quantitative estimate of drug-likeness (QED) is 0.200. The first kappa shape index (κ1) is 26.0. The van der Waals surface area contributed by atoms with Crippen molar-refractivity contribution in [3.05, 3.63) is 120 Å². The predicted octanol–water partition coefficient (Wildman–Crippen LogP) is 7.46. The zero-order valence-corrected chi connectivity index (χ0v) is 26.6. The van der Waals surface area contributed by atoms with Crippen LogP contribution in [0.5, 0.6) is 11.5 Å². The van der Waals surface area contributed by atoms with Gasteiger partial charge >= 0.3 is 0 Å². The minimum atomic E-state index is -1.52. The Labute approximate surface area is 260 Å². The highest BCUT2D eigenvalue weighted by molar-refractivity contribution is 6.99. The number of hydrogen-bond donors (Lipinski definition) is 0. The molecule has 6 aromatic rings. The van der Waals surface area contributed by atoms with E-state index in [1.807, 2.05) is 0 Å². The van der Waals surface area contributed by atoms with Crippen LogP contribution in [0.3, 0.4) is 0 Å². The molecule has 0 unspecified atom stereocenters. The van der Waals surface area contributed by atoms with E-state index in [1.165, 1.54) is 79.3 Å². The molecule has 1 aliphatic carbocycles. The summed E-state index contributed by atoms with van der Waals surface area (Å²) in [6, 6.07) is 40.5. The van der Waals surface area contributed by atoms with Crippen LogP contribution in [0.25, 0.3) is 16.6 Å². The Balaban J connectivity index is 1.39. The summed E-state index contributed by atoms with van der Waals surface area (Å²) in [5.74, 6) is 1.97. The normalized spacial score (nSPS) is 14.9. The minimum absolute atomic E-state index is 0.0909. The van der Waals surface area contributed by atoms with E-state index in [9.17, 15) is 0 Å². The molecule has 214 valence electrons. The van der Waals surface area contributed by atoms with E-state index < -0.39 is 8.07 Å². The SMILES string of the molecule is C[Si](C)(C)c1ccc2c(c1)Oc1ccc(-n3c4c(c5ccccc53)CCCC4)c3c1B2c1ccccc1N3c1ccccc1. The Bertz CT molecular complexity index is 2110. The maximum Gasteiger partial charge on any atom is 0.256 e. The van der Waals surface area contributed by atoms with E-state index in [0.29, 0.717) is 0 Å². The minimum Gasteiger partial charge on any atom is -0.458 e. The third-order valence-electron chi connectivity index (χ3n) is 10.0. The average molecular weight is 587 g/mol. The van der Waals surface area contributed by atoms with E-state index in [2.05, 4.69) is 138 Å². The summed E-state index contributed by atoms with van der Waals surface area (Å²) in [7, 11) is -1.52. The van der Waals surface area contributed by atoms with E-state index >= 15 is 0 Å². The molecule has 1 aromatic heterocycles. The smallest absolute Gasteiger partial charge is 0.256 e. The molecule has 0 bridgehead atoms. The molecule has 5 aromatic carbocycles. The molecular weight excluding hydrogens is 551 g/mol. The first-order valence-electron chi connectivity index (χ1n) is 16.0. The number of nitrogens with zero attached hydrogens (tertiary/aromatic N) is 2. The fourth-order valence-corrected chi connectivity index (χ4v) is 9.11. The monoisotopic (exact) mass is 586 g/mol. The standard InChI is InChI=1S/C39H35BN2OSi/c1-44(2,3)27-21-22-31-37(25-27)43-36-24-23-35(42-32-18-10-7-15-28(32)29-16-8-11-19-33(29)42)39-38(36)40(31)30-17-9-12-20-34(30)41(39)26-13-5-4-6-14-26/h4-7,9-10,12-15,17-18,20-25H,8,11,16,19H2,1-3H3. The van der Waals surface area contributed by atoms with Gasteiger partial charge in [-0.2, -0.15) is 0 Å². The molecular formula is C39H35BN2OSi. The number of anilines is 3. The number of rotatable bonds is 3. The molecule has 0 saturated carbocycles. The molecule has 0 atom stereocenters. The molecule has 9 rings (SSSR count). The topological polar surface area (TPSA) is 17.4 Å². The molecule has 0 radical (unpaired) electrons. The maximum absolute atomic E-state index is 6.92. The van der Waals surface area contributed by atoms with Crippen LogP contribution in [0.1, 0.15) is 24.1 Å². The molecule has 0 saturated heterocycles. The Morgan fingerprint density at radius 3 is 2.32 bits per heavy atom. The van der Waals surface area contributed by atoms with E-state index in [-0.39, 0.29) is 6.71 Å². The zero-order valence-electron chi connectivity index (χ0n) is 25.6. The summed E-state index contributed by atoms with van der Waals surface area (Å²) in [6.07, 6.45) is 4.73. The first-order valence-corrected chi connectivity index (χ1v) is 19.5. The predicted molar refractivity (Wildman–Crippen MR) is 189 cm³/mol. The van der Waals surface area contributed by atoms with Gasteiger partial charge in [-0.15, -0.1) is 0 Å². The third kappa shape index (κ3) is 3.69. The van der Waals surface area contributed by atoms with Gasteiger partial charge in [0.25, 0.3) is 6.71 Å². The first-order chi connectivity index (χ1) is 21.5. The molecule has 5 heteroatoms. The Kier molecular flexibility index (Phi) is 5.61. The molecule has 44 heavy (non-hydrogen) atoms. The van der Waals surface area contributed by atoms with Crippen molar-refractivity contribution in [2.75, 3.05) is 4.90 Å². The van der Waals surface area contributed by atoms with Crippen molar-refractivity contribution in [3.63, 3.8) is 0 Å². The molecule has 2 aliphatic heterocycles. The second-order valence-electron chi connectivity index (χ2n) is 13.6. The van der Waals surface area contributed by atoms with E-state index in [1.54, 1.807) is 0 Å². The van der Waals surface area contributed by atoms with Gasteiger partial charge < -0.3 is 14.2 Å². The van der Waals surface area contributed by atoms with Gasteiger partial charge in [-0.3, -0.25) is 0 Å². The summed E-state index contributed by atoms with van der Waals surface area (Å²) in [6.45, 7) is 7.32. The van der Waals surface area contributed by atoms with Crippen LogP contribution in [0.2, 0.25) is 19.6 Å². The highest BCUT2D eigenvalue weighted by Gasteiger charge is 2.43. The van der Waals surface area contributed by atoms with Crippen molar-refractivity contribution < 1.29 is 4.74 Å².